The van der Waals surface area contributed by atoms with E-state index < -0.39 is 0 Å². The molecule has 2 aliphatic rings. The molecule has 1 unspecified atom stereocenters. The average molecular weight is 487 g/mol. The molecule has 3 aromatic rings. The molecule has 0 radical (unpaired) electrons. The van der Waals surface area contributed by atoms with Gasteiger partial charge in [-0.15, -0.1) is 0 Å². The molecule has 1 fully saturated rings. The molecular weight excluding hydrogens is 456 g/mol. The zero-order chi connectivity index (χ0) is 25.6. The highest BCUT2D eigenvalue weighted by Crippen LogP contribution is 2.50. The molecule has 36 heavy (non-hydrogen) atoms. The van der Waals surface area contributed by atoms with E-state index in [1.54, 1.807) is 18.2 Å². The Hall–Kier alpha value is -3.70. The lowest BCUT2D eigenvalue weighted by Gasteiger charge is -2.35. The number of aromatic nitrogens is 2. The molecule has 186 valence electrons. The van der Waals surface area contributed by atoms with Gasteiger partial charge in [-0.3, -0.25) is 4.79 Å². The maximum atomic E-state index is 12.9. The Bertz CT molecular complexity index is 1340. The van der Waals surface area contributed by atoms with Crippen LogP contribution in [0.15, 0.2) is 40.9 Å². The first kappa shape index (κ1) is 24.0. The summed E-state index contributed by atoms with van der Waals surface area (Å²) in [4.78, 5) is 19.4. The number of rotatable bonds is 7. The van der Waals surface area contributed by atoms with Gasteiger partial charge >= 0.3 is 0 Å². The molecule has 1 N–H and O–H groups in total. The number of nitriles is 1. The first-order chi connectivity index (χ1) is 17.3. The number of hydrogen-bond donors (Lipinski definition) is 1. The number of fused-ring (bicyclic) bond motifs is 3. The van der Waals surface area contributed by atoms with E-state index in [2.05, 4.69) is 22.3 Å². The number of amides is 1. The van der Waals surface area contributed by atoms with Crippen molar-refractivity contribution in [2.75, 3.05) is 6.61 Å². The Labute approximate surface area is 210 Å². The number of benzene rings is 2. The Morgan fingerprint density at radius 1 is 1.22 bits per heavy atom. The van der Waals surface area contributed by atoms with Crippen molar-refractivity contribution in [3.63, 3.8) is 0 Å². The van der Waals surface area contributed by atoms with Gasteiger partial charge in [-0.1, -0.05) is 37.2 Å². The van der Waals surface area contributed by atoms with E-state index in [9.17, 15) is 15.2 Å². The van der Waals surface area contributed by atoms with Crippen LogP contribution in [-0.4, -0.2) is 44.8 Å². The Kier molecular flexibility index (Phi) is 6.27. The molecule has 0 saturated carbocycles. The van der Waals surface area contributed by atoms with Crippen molar-refractivity contribution in [1.82, 2.24) is 15.0 Å². The number of aliphatic hydroxyl groups is 1. The van der Waals surface area contributed by atoms with E-state index in [0.29, 0.717) is 35.0 Å². The smallest absolute Gasteiger partial charge is 0.258 e. The predicted molar refractivity (Wildman–Crippen MR) is 133 cm³/mol. The van der Waals surface area contributed by atoms with Crippen molar-refractivity contribution in [2.45, 2.75) is 58.7 Å². The SMILES string of the molecule is CC(C)Oc1ccc(-c2nc(-c3cccc4c3C[C@H]3CC(=O)N([C@@H](CO)C(C)C)C43)no2)cc1C#N. The van der Waals surface area contributed by atoms with Crippen LogP contribution < -0.4 is 4.74 Å². The molecule has 5 rings (SSSR count). The summed E-state index contributed by atoms with van der Waals surface area (Å²) in [6.07, 6.45) is 1.18. The molecule has 1 aliphatic heterocycles. The van der Waals surface area contributed by atoms with Crippen LogP contribution in [-0.2, 0) is 11.2 Å². The Morgan fingerprint density at radius 2 is 2.03 bits per heavy atom. The third-order valence-corrected chi connectivity index (χ3v) is 7.16. The van der Waals surface area contributed by atoms with E-state index in [-0.39, 0.29) is 42.5 Å². The van der Waals surface area contributed by atoms with Crippen LogP contribution >= 0.6 is 0 Å². The molecule has 1 aliphatic carbocycles. The highest BCUT2D eigenvalue weighted by atomic mass is 16.5. The van der Waals surface area contributed by atoms with Gasteiger partial charge in [-0.2, -0.15) is 10.2 Å². The largest absolute Gasteiger partial charge is 0.490 e. The molecule has 0 spiro atoms. The van der Waals surface area contributed by atoms with Crippen LogP contribution in [0.5, 0.6) is 5.75 Å². The highest BCUT2D eigenvalue weighted by Gasteiger charge is 2.49. The zero-order valence-electron chi connectivity index (χ0n) is 20.9. The number of ether oxygens (including phenoxy) is 1. The van der Waals surface area contributed by atoms with Gasteiger partial charge in [-0.05, 0) is 61.4 Å². The summed E-state index contributed by atoms with van der Waals surface area (Å²) in [6, 6.07) is 13.2. The summed E-state index contributed by atoms with van der Waals surface area (Å²) in [5, 5.41) is 23.8. The molecule has 1 aromatic heterocycles. The van der Waals surface area contributed by atoms with Crippen molar-refractivity contribution < 1.29 is 19.2 Å². The number of hydrogen-bond acceptors (Lipinski definition) is 7. The maximum Gasteiger partial charge on any atom is 0.258 e. The van der Waals surface area contributed by atoms with Gasteiger partial charge in [-0.25, -0.2) is 0 Å². The Morgan fingerprint density at radius 3 is 2.72 bits per heavy atom. The zero-order valence-corrected chi connectivity index (χ0v) is 20.9. The van der Waals surface area contributed by atoms with Gasteiger partial charge in [0.15, 0.2) is 0 Å². The van der Waals surface area contributed by atoms with E-state index in [1.807, 2.05) is 44.7 Å². The van der Waals surface area contributed by atoms with Gasteiger partial charge in [0.1, 0.15) is 11.8 Å². The van der Waals surface area contributed by atoms with E-state index in [4.69, 9.17) is 9.26 Å². The minimum Gasteiger partial charge on any atom is -0.490 e. The third kappa shape index (κ3) is 4.03. The quantitative estimate of drug-likeness (QED) is 0.522. The fraction of sp³-hybridized carbons (Fsp3) is 0.429. The van der Waals surface area contributed by atoms with Crippen LogP contribution in [0.4, 0.5) is 0 Å². The second kappa shape index (κ2) is 9.40. The van der Waals surface area contributed by atoms with Gasteiger partial charge < -0.3 is 19.3 Å². The summed E-state index contributed by atoms with van der Waals surface area (Å²) in [6.45, 7) is 7.84. The first-order valence-corrected chi connectivity index (χ1v) is 12.4. The van der Waals surface area contributed by atoms with Crippen LogP contribution in [0, 0.1) is 23.2 Å². The maximum absolute atomic E-state index is 12.9. The number of aliphatic hydroxyl groups excluding tert-OH is 1. The summed E-state index contributed by atoms with van der Waals surface area (Å²) in [5.74, 6) is 1.74. The number of carbonyl (C=O) groups is 1. The second-order valence-electron chi connectivity index (χ2n) is 10.2. The lowest BCUT2D eigenvalue weighted by molar-refractivity contribution is -0.133. The fourth-order valence-electron chi connectivity index (χ4n) is 5.56. The molecule has 0 bridgehead atoms. The van der Waals surface area contributed by atoms with Gasteiger partial charge in [0.25, 0.3) is 5.89 Å². The predicted octanol–water partition coefficient (Wildman–Crippen LogP) is 4.53. The number of nitrogens with zero attached hydrogens (tertiary/aromatic N) is 4. The normalized spacial score (nSPS) is 19.5. The summed E-state index contributed by atoms with van der Waals surface area (Å²) >= 11 is 0. The lowest BCUT2D eigenvalue weighted by Crippen LogP contribution is -2.43. The topological polar surface area (TPSA) is 112 Å². The van der Waals surface area contributed by atoms with Crippen molar-refractivity contribution >= 4 is 5.91 Å². The molecule has 1 saturated heterocycles. The third-order valence-electron chi connectivity index (χ3n) is 7.16. The molecule has 2 heterocycles. The number of carbonyl (C=O) groups excluding carboxylic acids is 1. The van der Waals surface area contributed by atoms with Crippen LogP contribution in [0.1, 0.15) is 56.8 Å². The summed E-state index contributed by atoms with van der Waals surface area (Å²) in [7, 11) is 0. The van der Waals surface area contributed by atoms with E-state index in [1.165, 1.54) is 0 Å². The monoisotopic (exact) mass is 486 g/mol. The van der Waals surface area contributed by atoms with Gasteiger partial charge in [0.05, 0.1) is 30.4 Å². The number of likely N-dealkylation sites (tertiary alicyclic amines) is 1. The van der Waals surface area contributed by atoms with Crippen molar-refractivity contribution in [3.8, 4) is 34.7 Å². The summed E-state index contributed by atoms with van der Waals surface area (Å²) < 4.78 is 11.3. The van der Waals surface area contributed by atoms with Crippen LogP contribution in [0.3, 0.4) is 0 Å². The molecule has 3 atom stereocenters. The minimum absolute atomic E-state index is 0.0444. The summed E-state index contributed by atoms with van der Waals surface area (Å²) in [5.41, 5.74) is 4.15. The van der Waals surface area contributed by atoms with E-state index in [0.717, 1.165) is 23.1 Å². The average Bonchev–Trinajstić information content (AvgIpc) is 3.54. The molecule has 8 heteroatoms. The highest BCUT2D eigenvalue weighted by molar-refractivity contribution is 5.82. The second-order valence-corrected chi connectivity index (χ2v) is 10.2. The van der Waals surface area contributed by atoms with Crippen molar-refractivity contribution in [2.24, 2.45) is 11.8 Å². The molecular formula is C28H30N4O4. The molecule has 1 amide bonds. The standard InChI is InChI=1S/C28H30N4O4/c1-15(2)23(14-33)32-25(34)12-18-11-22-20(26(18)32)6-5-7-21(22)27-30-28(36-31-27)17-8-9-24(35-16(3)4)19(10-17)13-29/h5-10,15-16,18,23,26,33H,11-12,14H2,1-4H3/t18-,23-,26?/m0/s1. The van der Waals surface area contributed by atoms with Crippen molar-refractivity contribution in [3.05, 3.63) is 53.1 Å². The van der Waals surface area contributed by atoms with E-state index >= 15 is 0 Å². The molecule has 2 aromatic carbocycles. The Balaban J connectivity index is 1.48. The van der Waals surface area contributed by atoms with Gasteiger partial charge in [0.2, 0.25) is 11.7 Å². The minimum atomic E-state index is -0.212. The lowest BCUT2D eigenvalue weighted by atomic mass is 9.97. The fourth-order valence-corrected chi connectivity index (χ4v) is 5.56. The first-order valence-electron chi connectivity index (χ1n) is 12.4. The van der Waals surface area contributed by atoms with Crippen LogP contribution in [0.2, 0.25) is 0 Å². The van der Waals surface area contributed by atoms with Gasteiger partial charge in [0, 0.05) is 17.5 Å². The van der Waals surface area contributed by atoms with Crippen LogP contribution in [0.25, 0.3) is 22.8 Å². The molecule has 8 nitrogen and oxygen atoms in total. The van der Waals surface area contributed by atoms with Crippen molar-refractivity contribution in [1.29, 1.82) is 5.26 Å².